The molecule has 0 fully saturated rings. The molecule has 1 aromatic carbocycles. The first-order valence-corrected chi connectivity index (χ1v) is 3.97. The Hall–Kier alpha value is -1.46. The number of hydrogen-bond donors (Lipinski definition) is 1. The van der Waals surface area contributed by atoms with Crippen LogP contribution < -0.4 is 10.8 Å². The monoisotopic (exact) mass is 202 g/mol. The third-order valence-electron chi connectivity index (χ3n) is 1.61. The van der Waals surface area contributed by atoms with Crippen molar-refractivity contribution in [2.45, 2.75) is 6.92 Å². The Bertz CT molecular complexity index is 333. The number of anilines is 1. The van der Waals surface area contributed by atoms with E-state index in [1.54, 1.807) is 0 Å². The van der Waals surface area contributed by atoms with Gasteiger partial charge in [0.2, 0.25) is 5.91 Å². The highest BCUT2D eigenvalue weighted by Crippen LogP contribution is 2.11. The Kier molecular flexibility index (Phi) is 2.83. The van der Waals surface area contributed by atoms with Crippen molar-refractivity contribution in [1.82, 2.24) is 0 Å². The lowest BCUT2D eigenvalue weighted by atomic mass is 9.80. The maximum atomic E-state index is 12.2. The second kappa shape index (κ2) is 3.73. The van der Waals surface area contributed by atoms with Gasteiger partial charge in [0.25, 0.3) is 0 Å². The molecule has 6 heteroatoms. The van der Waals surface area contributed by atoms with Crippen LogP contribution in [-0.4, -0.2) is 12.9 Å². The van der Waals surface area contributed by atoms with Crippen molar-refractivity contribution in [1.29, 1.82) is 0 Å². The van der Waals surface area contributed by atoms with Crippen LogP contribution in [-0.2, 0) is 4.79 Å². The quantitative estimate of drug-likeness (QED) is 0.726. The van der Waals surface area contributed by atoms with Gasteiger partial charge in [0.1, 0.15) is 0 Å². The zero-order valence-electron chi connectivity index (χ0n) is 7.43. The van der Waals surface area contributed by atoms with Crippen LogP contribution >= 0.6 is 0 Å². The van der Waals surface area contributed by atoms with E-state index in [-0.39, 0.29) is 5.91 Å². The van der Waals surface area contributed by atoms with Gasteiger partial charge in [0, 0.05) is 12.6 Å². The van der Waals surface area contributed by atoms with Gasteiger partial charge in [-0.2, -0.15) is 0 Å². The van der Waals surface area contributed by atoms with Crippen LogP contribution in [0.25, 0.3) is 0 Å². The third-order valence-corrected chi connectivity index (χ3v) is 1.61. The Morgan fingerprint density at radius 3 is 2.07 bits per heavy atom. The predicted octanol–water partition coefficient (Wildman–Crippen LogP) is 1.70. The highest BCUT2D eigenvalue weighted by molar-refractivity contribution is 6.73. The average molecular weight is 202 g/mol. The number of halogens is 3. The van der Waals surface area contributed by atoms with E-state index in [0.717, 1.165) is 12.1 Å². The predicted molar refractivity (Wildman–Crippen MR) is 49.5 cm³/mol. The summed E-state index contributed by atoms with van der Waals surface area (Å²) in [4.78, 5) is 10.6. The average Bonchev–Trinajstić information content (AvgIpc) is 2.02. The fraction of sp³-hybridized carbons (Fsp3) is 0.125. The summed E-state index contributed by atoms with van der Waals surface area (Å²) in [7, 11) is 0. The highest BCUT2D eigenvalue weighted by Gasteiger charge is 2.24. The molecule has 2 nitrogen and oxygen atoms in total. The van der Waals surface area contributed by atoms with E-state index >= 15 is 0 Å². The summed E-state index contributed by atoms with van der Waals surface area (Å²) in [6.45, 7) is -3.66. The zero-order chi connectivity index (χ0) is 10.8. The van der Waals surface area contributed by atoms with Crippen molar-refractivity contribution in [2.75, 3.05) is 5.32 Å². The van der Waals surface area contributed by atoms with Crippen molar-refractivity contribution in [3.05, 3.63) is 24.3 Å². The van der Waals surface area contributed by atoms with Crippen molar-refractivity contribution < 1.29 is 17.7 Å². The number of nitrogens with one attached hydrogen (secondary N) is 1. The molecule has 1 amide bonds. The summed E-state index contributed by atoms with van der Waals surface area (Å²) in [5.74, 6) is -0.310. The molecule has 0 radical (unpaired) electrons. The van der Waals surface area contributed by atoms with Crippen LogP contribution in [0.4, 0.5) is 18.6 Å². The fourth-order valence-corrected chi connectivity index (χ4v) is 0.988. The summed E-state index contributed by atoms with van der Waals surface area (Å²) in [5.41, 5.74) is -0.305. The maximum absolute atomic E-state index is 12.2. The standard InChI is InChI=1S/C8H8BF3NO/c1-6(14)13-8-4-2-7(3-5-8)9(10,11)12/h2-5H,1H3,(H,13,14)/q-1. The van der Waals surface area contributed by atoms with Crippen LogP contribution in [0.15, 0.2) is 24.3 Å². The van der Waals surface area contributed by atoms with Crippen molar-refractivity contribution in [2.24, 2.45) is 0 Å². The topological polar surface area (TPSA) is 29.1 Å². The molecule has 0 aliphatic carbocycles. The molecule has 1 N–H and O–H groups in total. The Morgan fingerprint density at radius 2 is 1.71 bits per heavy atom. The van der Waals surface area contributed by atoms with Gasteiger partial charge >= 0.3 is 6.98 Å². The molecule has 0 heterocycles. The second-order valence-electron chi connectivity index (χ2n) is 2.88. The van der Waals surface area contributed by atoms with Gasteiger partial charge in [0.05, 0.1) is 0 Å². The Morgan fingerprint density at radius 1 is 1.21 bits per heavy atom. The molecule has 0 aromatic heterocycles. The van der Waals surface area contributed by atoms with Crippen LogP contribution in [0.5, 0.6) is 0 Å². The molecule has 0 aliphatic heterocycles. The highest BCUT2D eigenvalue weighted by atomic mass is 19.4. The summed E-state index contributed by atoms with van der Waals surface area (Å²) >= 11 is 0. The van der Waals surface area contributed by atoms with E-state index < -0.39 is 12.4 Å². The van der Waals surface area contributed by atoms with Crippen LogP contribution in [0.1, 0.15) is 6.92 Å². The molecule has 0 aliphatic rings. The van der Waals surface area contributed by atoms with Gasteiger partial charge in [-0.3, -0.25) is 4.79 Å². The molecular weight excluding hydrogens is 194 g/mol. The van der Waals surface area contributed by atoms with Crippen molar-refractivity contribution in [3.63, 3.8) is 0 Å². The lowest BCUT2D eigenvalue weighted by molar-refractivity contribution is -0.114. The van der Waals surface area contributed by atoms with E-state index in [1.807, 2.05) is 0 Å². The summed E-state index contributed by atoms with van der Waals surface area (Å²) in [6, 6.07) is 4.36. The van der Waals surface area contributed by atoms with E-state index in [9.17, 15) is 17.7 Å². The van der Waals surface area contributed by atoms with E-state index in [0.29, 0.717) is 5.69 Å². The molecule has 0 unspecified atom stereocenters. The maximum Gasteiger partial charge on any atom is 0.509 e. The van der Waals surface area contributed by atoms with Crippen molar-refractivity contribution >= 4 is 24.0 Å². The first-order chi connectivity index (χ1) is 6.39. The molecule has 0 saturated carbocycles. The van der Waals surface area contributed by atoms with Crippen molar-refractivity contribution in [3.8, 4) is 0 Å². The second-order valence-corrected chi connectivity index (χ2v) is 2.88. The third kappa shape index (κ3) is 2.79. The number of amides is 1. The Labute approximate surface area is 79.2 Å². The molecular formula is C8H8BF3NO-. The van der Waals surface area contributed by atoms with Gasteiger partial charge in [-0.1, -0.05) is 12.1 Å². The molecule has 1 aromatic rings. The summed E-state index contributed by atoms with van der Waals surface area (Å²) < 4.78 is 36.5. The molecule has 76 valence electrons. The number of hydrogen-bond acceptors (Lipinski definition) is 1. The number of benzene rings is 1. The smallest absolute Gasteiger partial charge is 0.445 e. The first kappa shape index (κ1) is 10.6. The normalized spacial score (nSPS) is 11.1. The number of carbonyl (C=O) groups excluding carboxylic acids is 1. The first-order valence-electron chi connectivity index (χ1n) is 3.97. The van der Waals surface area contributed by atoms with Crippen LogP contribution in [0, 0.1) is 0 Å². The molecule has 1 rings (SSSR count). The molecule has 0 saturated heterocycles. The largest absolute Gasteiger partial charge is 0.509 e. The molecule has 0 spiro atoms. The van der Waals surface area contributed by atoms with Gasteiger partial charge in [0.15, 0.2) is 0 Å². The van der Waals surface area contributed by atoms with Crippen LogP contribution in [0.2, 0.25) is 0 Å². The van der Waals surface area contributed by atoms with Gasteiger partial charge in [-0.25, -0.2) is 0 Å². The lowest BCUT2D eigenvalue weighted by Gasteiger charge is -2.14. The minimum Gasteiger partial charge on any atom is -0.445 e. The lowest BCUT2D eigenvalue weighted by Crippen LogP contribution is -2.33. The minimum absolute atomic E-state index is 0.310. The van der Waals surface area contributed by atoms with Gasteiger partial charge in [-0.05, 0) is 12.1 Å². The molecule has 14 heavy (non-hydrogen) atoms. The number of carbonyl (C=O) groups is 1. The summed E-state index contributed by atoms with van der Waals surface area (Å²) in [6.07, 6.45) is 0. The summed E-state index contributed by atoms with van der Waals surface area (Å²) in [5, 5.41) is 2.38. The fourth-order valence-electron chi connectivity index (χ4n) is 0.988. The zero-order valence-corrected chi connectivity index (χ0v) is 7.43. The minimum atomic E-state index is -4.96. The molecule has 0 atom stereocenters. The Balaban J connectivity index is 2.84. The number of rotatable bonds is 2. The van der Waals surface area contributed by atoms with E-state index in [4.69, 9.17) is 0 Å². The van der Waals surface area contributed by atoms with E-state index in [2.05, 4.69) is 5.32 Å². The van der Waals surface area contributed by atoms with Gasteiger partial charge < -0.3 is 18.3 Å². The SMILES string of the molecule is CC(=O)Nc1ccc([B-](F)(F)F)cc1. The van der Waals surface area contributed by atoms with Crippen LogP contribution in [0.3, 0.4) is 0 Å². The van der Waals surface area contributed by atoms with E-state index in [1.165, 1.54) is 19.1 Å². The molecule has 0 bridgehead atoms. The van der Waals surface area contributed by atoms with Gasteiger partial charge in [-0.15, -0.1) is 5.46 Å².